The zero-order valence-electron chi connectivity index (χ0n) is 49.5. The predicted octanol–water partition coefficient (Wildman–Crippen LogP) is 23.0. The lowest BCUT2D eigenvalue weighted by atomic mass is 9.66. The molecule has 16 aromatic rings. The average molecular weight is 1180 g/mol. The summed E-state index contributed by atoms with van der Waals surface area (Å²) < 4.78 is 28.2. The summed E-state index contributed by atoms with van der Waals surface area (Å²) in [4.78, 5) is 4.69. The van der Waals surface area contributed by atoms with Gasteiger partial charge in [-0.05, 0) is 147 Å². The predicted molar refractivity (Wildman–Crippen MR) is 371 cm³/mol. The molecule has 2 aromatic heterocycles. The average Bonchev–Trinajstić information content (AvgIpc) is 1.47. The number of benzene rings is 14. The van der Waals surface area contributed by atoms with Gasteiger partial charge in [0.05, 0.1) is 27.6 Å². The molecular formula is C86H52N2O4. The highest BCUT2D eigenvalue weighted by Crippen LogP contribution is 2.66. The normalized spacial score (nSPS) is 13.8. The molecule has 92 heavy (non-hydrogen) atoms. The summed E-state index contributed by atoms with van der Waals surface area (Å²) in [5.74, 6) is 3.35. The fourth-order valence-electron chi connectivity index (χ4n) is 16.3. The monoisotopic (exact) mass is 1180 g/mol. The number of nitrogens with zero attached hydrogens (tertiary/aromatic N) is 2. The standard InChI is InChI=1S/C86H52N2O4/c1-3-22-54(23-4-1)87(56-46-49-79-73(51-56)86(70-36-15-17-41-77(70)90-79)68-34-13-9-28-61(68)62-29-10-14-35-69(62)86)57-45-47-63-65-50-53(44-48-76(65)89-81(63)52-57)58-30-19-31-64-82-74(39-21-43-80(82)92-83(58)64)88(55-24-5-2-6-25-55)75-40-20-38-72-84(75)91-78-42-18-16-37-71(78)85(72)66-32-11-7-26-59(66)60-27-8-12-33-67(60)85/h1-52H. The first-order valence-electron chi connectivity index (χ1n) is 31.5. The fourth-order valence-corrected chi connectivity index (χ4v) is 16.3. The van der Waals surface area contributed by atoms with Crippen molar-refractivity contribution in [1.82, 2.24) is 0 Å². The molecule has 0 saturated carbocycles. The first kappa shape index (κ1) is 50.8. The SMILES string of the molecule is c1ccc(N(c2ccc3c(c2)C2(c4ccccc4O3)c3ccccc3-c3ccccc32)c2ccc3c(c2)oc2ccc(-c4cccc5c4oc4cccc(N(c6ccccc6)c6cccc7c6Oc6ccccc6C76c7ccccc7-c7ccccc76)c45)cc23)cc1. The van der Waals surface area contributed by atoms with Gasteiger partial charge >= 0.3 is 0 Å². The lowest BCUT2D eigenvalue weighted by Gasteiger charge is -2.41. The molecule has 4 aliphatic rings. The number of furan rings is 2. The van der Waals surface area contributed by atoms with Crippen molar-refractivity contribution in [2.75, 3.05) is 9.80 Å². The van der Waals surface area contributed by atoms with Crippen molar-refractivity contribution in [3.05, 3.63) is 360 Å². The number of hydrogen-bond acceptors (Lipinski definition) is 6. The minimum absolute atomic E-state index is 0.611. The van der Waals surface area contributed by atoms with E-state index < -0.39 is 10.8 Å². The highest BCUT2D eigenvalue weighted by molar-refractivity contribution is 6.17. The van der Waals surface area contributed by atoms with Crippen LogP contribution < -0.4 is 19.3 Å². The number of ether oxygens (including phenoxy) is 2. The molecule has 0 unspecified atom stereocenters. The second-order valence-electron chi connectivity index (χ2n) is 24.5. The maximum atomic E-state index is 7.31. The Morgan fingerprint density at radius 3 is 1.41 bits per heavy atom. The van der Waals surface area contributed by atoms with E-state index >= 15 is 0 Å². The lowest BCUT2D eigenvalue weighted by molar-refractivity contribution is 0.436. The Balaban J connectivity index is 0.715. The van der Waals surface area contributed by atoms with Crippen LogP contribution in [0.2, 0.25) is 0 Å². The highest BCUT2D eigenvalue weighted by atomic mass is 16.5. The molecule has 430 valence electrons. The molecule has 0 bridgehead atoms. The van der Waals surface area contributed by atoms with Crippen LogP contribution in [0.5, 0.6) is 23.0 Å². The maximum Gasteiger partial charge on any atom is 0.156 e. The molecule has 6 nitrogen and oxygen atoms in total. The van der Waals surface area contributed by atoms with E-state index in [0.29, 0.717) is 0 Å². The summed E-state index contributed by atoms with van der Waals surface area (Å²) in [6, 6.07) is 113. The van der Waals surface area contributed by atoms with E-state index in [1.165, 1.54) is 44.5 Å². The molecular weight excluding hydrogens is 1120 g/mol. The Morgan fingerprint density at radius 1 is 0.250 bits per heavy atom. The summed E-state index contributed by atoms with van der Waals surface area (Å²) in [6.07, 6.45) is 0. The van der Waals surface area contributed by atoms with Crippen LogP contribution in [0.1, 0.15) is 44.5 Å². The molecule has 20 rings (SSSR count). The number of hydrogen-bond donors (Lipinski definition) is 0. The molecule has 2 aliphatic carbocycles. The third kappa shape index (κ3) is 6.87. The van der Waals surface area contributed by atoms with Gasteiger partial charge in [-0.3, -0.25) is 0 Å². The van der Waals surface area contributed by atoms with Gasteiger partial charge in [-0.1, -0.05) is 212 Å². The van der Waals surface area contributed by atoms with Crippen LogP contribution in [-0.4, -0.2) is 0 Å². The first-order chi connectivity index (χ1) is 45.6. The third-order valence-corrected chi connectivity index (χ3v) is 20.0. The van der Waals surface area contributed by atoms with Crippen molar-refractivity contribution in [2.24, 2.45) is 0 Å². The van der Waals surface area contributed by atoms with E-state index in [0.717, 1.165) is 134 Å². The molecule has 0 radical (unpaired) electrons. The maximum absolute atomic E-state index is 7.31. The zero-order valence-corrected chi connectivity index (χ0v) is 49.5. The fraction of sp³-hybridized carbons (Fsp3) is 0.0233. The summed E-state index contributed by atoms with van der Waals surface area (Å²) in [7, 11) is 0. The Kier molecular flexibility index (Phi) is 10.6. The molecule has 0 amide bonds. The van der Waals surface area contributed by atoms with E-state index in [1.54, 1.807) is 0 Å². The number of anilines is 6. The number of para-hydroxylation sites is 6. The van der Waals surface area contributed by atoms with Gasteiger partial charge in [-0.2, -0.15) is 0 Å². The summed E-state index contributed by atoms with van der Waals surface area (Å²) >= 11 is 0. The van der Waals surface area contributed by atoms with Gasteiger partial charge in [0.2, 0.25) is 0 Å². The lowest BCUT2D eigenvalue weighted by Crippen LogP contribution is -2.32. The molecule has 0 N–H and O–H groups in total. The van der Waals surface area contributed by atoms with Gasteiger partial charge in [0.25, 0.3) is 0 Å². The Morgan fingerprint density at radius 2 is 0.750 bits per heavy atom. The molecule has 0 fully saturated rings. The van der Waals surface area contributed by atoms with Crippen molar-refractivity contribution < 1.29 is 18.3 Å². The van der Waals surface area contributed by atoms with Crippen molar-refractivity contribution in [3.8, 4) is 56.4 Å². The van der Waals surface area contributed by atoms with Crippen molar-refractivity contribution in [2.45, 2.75) is 10.8 Å². The molecule has 0 saturated heterocycles. The van der Waals surface area contributed by atoms with Gasteiger partial charge in [0.15, 0.2) is 5.75 Å². The second kappa shape index (κ2) is 19.2. The van der Waals surface area contributed by atoms with Gasteiger partial charge in [0, 0.05) is 72.8 Å². The van der Waals surface area contributed by atoms with Crippen LogP contribution in [0, 0.1) is 0 Å². The van der Waals surface area contributed by atoms with E-state index in [1.807, 2.05) is 0 Å². The minimum atomic E-state index is -0.626. The third-order valence-electron chi connectivity index (χ3n) is 20.0. The summed E-state index contributed by atoms with van der Waals surface area (Å²) in [6.45, 7) is 0. The van der Waals surface area contributed by atoms with Crippen LogP contribution in [0.4, 0.5) is 34.1 Å². The zero-order chi connectivity index (χ0) is 60.2. The van der Waals surface area contributed by atoms with Gasteiger partial charge in [0.1, 0.15) is 39.6 Å². The van der Waals surface area contributed by atoms with Crippen LogP contribution in [0.25, 0.3) is 77.3 Å². The van der Waals surface area contributed by atoms with Crippen molar-refractivity contribution in [3.63, 3.8) is 0 Å². The first-order valence-corrected chi connectivity index (χ1v) is 31.5. The molecule has 6 heteroatoms. The Hall–Kier alpha value is -12.1. The smallest absolute Gasteiger partial charge is 0.156 e. The van der Waals surface area contributed by atoms with E-state index in [4.69, 9.17) is 18.3 Å². The summed E-state index contributed by atoms with van der Waals surface area (Å²) in [5.41, 5.74) is 24.2. The van der Waals surface area contributed by atoms with Crippen molar-refractivity contribution in [1.29, 1.82) is 0 Å². The van der Waals surface area contributed by atoms with E-state index in [9.17, 15) is 0 Å². The van der Waals surface area contributed by atoms with Crippen molar-refractivity contribution >= 4 is 78.0 Å². The van der Waals surface area contributed by atoms with Gasteiger partial charge in [-0.15, -0.1) is 0 Å². The quantitative estimate of drug-likeness (QED) is 0.159. The number of fused-ring (bicyclic) bond motifs is 24. The Bertz CT molecular complexity index is 5670. The largest absolute Gasteiger partial charge is 0.457 e. The molecule has 14 aromatic carbocycles. The highest BCUT2D eigenvalue weighted by Gasteiger charge is 2.53. The van der Waals surface area contributed by atoms with Crippen LogP contribution >= 0.6 is 0 Å². The second-order valence-corrected chi connectivity index (χ2v) is 24.5. The van der Waals surface area contributed by atoms with Crippen LogP contribution in [0.3, 0.4) is 0 Å². The molecule has 0 atom stereocenters. The number of rotatable bonds is 7. The Labute approximate surface area is 530 Å². The minimum Gasteiger partial charge on any atom is -0.457 e. The van der Waals surface area contributed by atoms with E-state index in [2.05, 4.69) is 325 Å². The van der Waals surface area contributed by atoms with Crippen LogP contribution in [-0.2, 0) is 10.8 Å². The molecule has 4 heterocycles. The van der Waals surface area contributed by atoms with E-state index in [-0.39, 0.29) is 0 Å². The molecule has 2 aliphatic heterocycles. The van der Waals surface area contributed by atoms with Crippen LogP contribution in [0.15, 0.2) is 324 Å². The van der Waals surface area contributed by atoms with Gasteiger partial charge < -0.3 is 28.1 Å². The van der Waals surface area contributed by atoms with Gasteiger partial charge in [-0.25, -0.2) is 0 Å². The summed E-state index contributed by atoms with van der Waals surface area (Å²) in [5, 5.41) is 4.05. The topological polar surface area (TPSA) is 51.2 Å². The molecule has 2 spiro atoms.